The molecular formula is C6H15N3O3S. The molecule has 0 aromatic heterocycles. The van der Waals surface area contributed by atoms with Gasteiger partial charge in [-0.05, 0) is 6.42 Å². The number of nitrogens with one attached hydrogen (secondary N) is 1. The summed E-state index contributed by atoms with van der Waals surface area (Å²) in [6.45, 7) is 1.77. The van der Waals surface area contributed by atoms with Crippen LogP contribution >= 0.6 is 0 Å². The quantitative estimate of drug-likeness (QED) is 0.492. The summed E-state index contributed by atoms with van der Waals surface area (Å²) in [4.78, 5) is 11.0. The van der Waals surface area contributed by atoms with E-state index in [1.165, 1.54) is 0 Å². The van der Waals surface area contributed by atoms with Crippen LogP contribution in [0.15, 0.2) is 0 Å². The van der Waals surface area contributed by atoms with Gasteiger partial charge in [-0.15, -0.1) is 0 Å². The molecule has 0 aliphatic heterocycles. The van der Waals surface area contributed by atoms with E-state index in [1.807, 2.05) is 0 Å². The molecule has 0 aliphatic carbocycles. The van der Waals surface area contributed by atoms with Gasteiger partial charge >= 0.3 is 0 Å². The molecule has 0 aliphatic rings. The number of carbonyl (C=O) groups is 1. The van der Waals surface area contributed by atoms with Crippen LogP contribution in [0.3, 0.4) is 0 Å². The van der Waals surface area contributed by atoms with Gasteiger partial charge in [-0.3, -0.25) is 4.79 Å². The smallest absolute Gasteiger partial charge is 0.236 e. The van der Waals surface area contributed by atoms with Gasteiger partial charge in [0.1, 0.15) is 0 Å². The average Bonchev–Trinajstić information content (AvgIpc) is 2.00. The molecule has 78 valence electrons. The lowest BCUT2D eigenvalue weighted by molar-refractivity contribution is -0.122. The Hall–Kier alpha value is -0.660. The zero-order valence-electron chi connectivity index (χ0n) is 7.49. The summed E-state index contributed by atoms with van der Waals surface area (Å²) in [5.74, 6) is -0.624. The predicted octanol–water partition coefficient (Wildman–Crippen LogP) is -1.87. The predicted molar refractivity (Wildman–Crippen MR) is 49.3 cm³/mol. The Morgan fingerprint density at radius 2 is 2.08 bits per heavy atom. The molecule has 0 saturated heterocycles. The van der Waals surface area contributed by atoms with Crippen molar-refractivity contribution < 1.29 is 13.2 Å². The van der Waals surface area contributed by atoms with Crippen LogP contribution in [0, 0.1) is 0 Å². The molecule has 1 amide bonds. The summed E-state index contributed by atoms with van der Waals surface area (Å²) < 4.78 is 20.9. The van der Waals surface area contributed by atoms with Gasteiger partial charge in [-0.2, -0.15) is 0 Å². The SMILES string of the molecule is CC[C@H](N)C(=O)NCCS(N)(=O)=O. The van der Waals surface area contributed by atoms with E-state index in [9.17, 15) is 13.2 Å². The van der Waals surface area contributed by atoms with Gasteiger partial charge in [-0.25, -0.2) is 13.6 Å². The van der Waals surface area contributed by atoms with Crippen molar-refractivity contribution in [2.45, 2.75) is 19.4 Å². The number of amides is 1. The first-order chi connectivity index (χ1) is 5.87. The first kappa shape index (κ1) is 12.3. The standard InChI is InChI=1S/C6H15N3O3S/c1-2-5(7)6(10)9-3-4-13(8,11)12/h5H,2-4,7H2,1H3,(H,9,10)(H2,8,11,12)/t5-/m0/s1. The van der Waals surface area contributed by atoms with Crippen LogP contribution in [-0.2, 0) is 14.8 Å². The highest BCUT2D eigenvalue weighted by Gasteiger charge is 2.10. The van der Waals surface area contributed by atoms with E-state index in [-0.39, 0.29) is 18.2 Å². The van der Waals surface area contributed by atoms with Gasteiger partial charge in [0.2, 0.25) is 15.9 Å². The van der Waals surface area contributed by atoms with Crippen molar-refractivity contribution in [1.82, 2.24) is 5.32 Å². The largest absolute Gasteiger partial charge is 0.354 e. The van der Waals surface area contributed by atoms with Crippen LogP contribution in [0.2, 0.25) is 0 Å². The Bertz CT molecular complexity index is 262. The number of rotatable bonds is 5. The monoisotopic (exact) mass is 209 g/mol. The molecule has 0 aromatic carbocycles. The number of carbonyl (C=O) groups excluding carboxylic acids is 1. The summed E-state index contributed by atoms with van der Waals surface area (Å²) in [7, 11) is -3.51. The molecule has 0 unspecified atom stereocenters. The second-order valence-corrected chi connectivity index (χ2v) is 4.41. The summed E-state index contributed by atoms with van der Waals surface area (Å²) in [5.41, 5.74) is 5.37. The zero-order valence-corrected chi connectivity index (χ0v) is 8.30. The second-order valence-electron chi connectivity index (χ2n) is 2.67. The van der Waals surface area contributed by atoms with Crippen LogP contribution in [0.4, 0.5) is 0 Å². The number of nitrogens with two attached hydrogens (primary N) is 2. The fourth-order valence-corrected chi connectivity index (χ4v) is 1.02. The van der Waals surface area contributed by atoms with Crippen molar-refractivity contribution in [3.8, 4) is 0 Å². The van der Waals surface area contributed by atoms with Crippen LogP contribution < -0.4 is 16.2 Å². The minimum atomic E-state index is -3.51. The number of primary sulfonamides is 1. The molecule has 0 aromatic rings. The van der Waals surface area contributed by atoms with Gasteiger partial charge in [0.05, 0.1) is 11.8 Å². The maximum Gasteiger partial charge on any atom is 0.236 e. The molecule has 13 heavy (non-hydrogen) atoms. The highest BCUT2D eigenvalue weighted by atomic mass is 32.2. The molecule has 0 spiro atoms. The summed E-state index contributed by atoms with van der Waals surface area (Å²) >= 11 is 0. The van der Waals surface area contributed by atoms with E-state index >= 15 is 0 Å². The summed E-state index contributed by atoms with van der Waals surface area (Å²) in [5, 5.41) is 7.09. The van der Waals surface area contributed by atoms with Gasteiger partial charge in [0.25, 0.3) is 0 Å². The highest BCUT2D eigenvalue weighted by molar-refractivity contribution is 7.89. The molecule has 0 bridgehead atoms. The molecule has 5 N–H and O–H groups in total. The van der Waals surface area contributed by atoms with Crippen molar-refractivity contribution in [2.75, 3.05) is 12.3 Å². The zero-order chi connectivity index (χ0) is 10.5. The summed E-state index contributed by atoms with van der Waals surface area (Å²) in [6, 6.07) is -0.583. The van der Waals surface area contributed by atoms with E-state index in [1.54, 1.807) is 6.92 Å². The molecule has 7 heteroatoms. The third kappa shape index (κ3) is 6.50. The van der Waals surface area contributed by atoms with E-state index in [2.05, 4.69) is 5.32 Å². The van der Waals surface area contributed by atoms with Crippen LogP contribution in [-0.4, -0.2) is 32.7 Å². The van der Waals surface area contributed by atoms with Crippen molar-refractivity contribution in [1.29, 1.82) is 0 Å². The average molecular weight is 209 g/mol. The lowest BCUT2D eigenvalue weighted by Crippen LogP contribution is -2.42. The minimum absolute atomic E-state index is 0.00532. The van der Waals surface area contributed by atoms with Gasteiger partial charge < -0.3 is 11.1 Å². The molecule has 0 heterocycles. The second kappa shape index (κ2) is 5.15. The molecule has 1 atom stereocenters. The van der Waals surface area contributed by atoms with Crippen molar-refractivity contribution in [2.24, 2.45) is 10.9 Å². The first-order valence-electron chi connectivity index (χ1n) is 3.90. The molecule has 0 saturated carbocycles. The number of hydrogen-bond donors (Lipinski definition) is 3. The molecule has 0 radical (unpaired) electrons. The Morgan fingerprint density at radius 1 is 1.54 bits per heavy atom. The van der Waals surface area contributed by atoms with Crippen LogP contribution in [0.5, 0.6) is 0 Å². The fraction of sp³-hybridized carbons (Fsp3) is 0.833. The number of hydrogen-bond acceptors (Lipinski definition) is 4. The molecule has 0 rings (SSSR count). The molecule has 0 fully saturated rings. The Balaban J connectivity index is 3.72. The van der Waals surface area contributed by atoms with Crippen molar-refractivity contribution in [3.63, 3.8) is 0 Å². The Morgan fingerprint density at radius 3 is 2.46 bits per heavy atom. The minimum Gasteiger partial charge on any atom is -0.354 e. The lowest BCUT2D eigenvalue weighted by atomic mass is 10.2. The van der Waals surface area contributed by atoms with Crippen LogP contribution in [0.25, 0.3) is 0 Å². The van der Waals surface area contributed by atoms with E-state index in [4.69, 9.17) is 10.9 Å². The third-order valence-corrected chi connectivity index (χ3v) is 2.24. The van der Waals surface area contributed by atoms with Gasteiger partial charge in [0.15, 0.2) is 0 Å². The van der Waals surface area contributed by atoms with Crippen molar-refractivity contribution >= 4 is 15.9 Å². The highest BCUT2D eigenvalue weighted by Crippen LogP contribution is 1.85. The summed E-state index contributed by atoms with van der Waals surface area (Å²) in [6.07, 6.45) is 0.515. The van der Waals surface area contributed by atoms with Gasteiger partial charge in [0, 0.05) is 6.54 Å². The van der Waals surface area contributed by atoms with E-state index < -0.39 is 16.1 Å². The van der Waals surface area contributed by atoms with Crippen molar-refractivity contribution in [3.05, 3.63) is 0 Å². The molecule has 6 nitrogen and oxygen atoms in total. The van der Waals surface area contributed by atoms with Gasteiger partial charge in [-0.1, -0.05) is 6.92 Å². The lowest BCUT2D eigenvalue weighted by Gasteiger charge is -2.08. The third-order valence-electron chi connectivity index (χ3n) is 1.46. The van der Waals surface area contributed by atoms with E-state index in [0.29, 0.717) is 6.42 Å². The fourth-order valence-electron chi connectivity index (χ4n) is 0.633. The Labute approximate surface area is 77.7 Å². The maximum absolute atomic E-state index is 11.0. The first-order valence-corrected chi connectivity index (χ1v) is 5.62. The Kier molecular flexibility index (Phi) is 4.89. The topological polar surface area (TPSA) is 115 Å². The molecular weight excluding hydrogens is 194 g/mol. The normalized spacial score (nSPS) is 13.8. The number of sulfonamides is 1. The maximum atomic E-state index is 11.0. The van der Waals surface area contributed by atoms with E-state index in [0.717, 1.165) is 0 Å². The van der Waals surface area contributed by atoms with Crippen LogP contribution in [0.1, 0.15) is 13.3 Å².